The molecule has 1 amide bonds. The molecular weight excluding hydrogens is 232 g/mol. The van der Waals surface area contributed by atoms with Gasteiger partial charge in [-0.1, -0.05) is 6.92 Å². The number of aliphatic carboxylic acids is 1. The van der Waals surface area contributed by atoms with Gasteiger partial charge in [-0.15, -0.1) is 0 Å². The van der Waals surface area contributed by atoms with Crippen LogP contribution in [0.15, 0.2) is 0 Å². The molecule has 0 spiro atoms. The van der Waals surface area contributed by atoms with Crippen LogP contribution in [0.5, 0.6) is 0 Å². The summed E-state index contributed by atoms with van der Waals surface area (Å²) in [5.74, 6) is -0.649. The molecule has 0 aromatic carbocycles. The monoisotopic (exact) mass is 254 g/mol. The van der Waals surface area contributed by atoms with Gasteiger partial charge in [0.05, 0.1) is 5.41 Å². The van der Waals surface area contributed by atoms with Crippen molar-refractivity contribution in [1.82, 2.24) is 4.90 Å². The lowest BCUT2D eigenvalue weighted by Crippen LogP contribution is -2.38. The maximum Gasteiger partial charge on any atom is 0.311 e. The molecule has 0 aromatic rings. The van der Waals surface area contributed by atoms with E-state index in [1.807, 2.05) is 6.92 Å². The SMILES string of the molecule is CCC1(C(=O)O)CCN(C(=O)C2CCC(N)C2)C1. The van der Waals surface area contributed by atoms with Crippen LogP contribution in [-0.2, 0) is 9.59 Å². The quantitative estimate of drug-likeness (QED) is 0.781. The van der Waals surface area contributed by atoms with E-state index in [0.717, 1.165) is 19.3 Å². The molecule has 102 valence electrons. The maximum atomic E-state index is 12.3. The molecule has 1 aliphatic heterocycles. The van der Waals surface area contributed by atoms with Crippen molar-refractivity contribution in [3.05, 3.63) is 0 Å². The maximum absolute atomic E-state index is 12.3. The molecule has 3 N–H and O–H groups in total. The highest BCUT2D eigenvalue weighted by atomic mass is 16.4. The first-order valence-corrected chi connectivity index (χ1v) is 6.76. The second kappa shape index (κ2) is 4.88. The first-order valence-electron chi connectivity index (χ1n) is 6.76. The molecule has 0 radical (unpaired) electrons. The average Bonchev–Trinajstić information content (AvgIpc) is 2.95. The van der Waals surface area contributed by atoms with Crippen LogP contribution < -0.4 is 5.73 Å². The van der Waals surface area contributed by atoms with E-state index < -0.39 is 11.4 Å². The fourth-order valence-corrected chi connectivity index (χ4v) is 3.17. The summed E-state index contributed by atoms with van der Waals surface area (Å²) >= 11 is 0. The minimum absolute atomic E-state index is 0.0152. The van der Waals surface area contributed by atoms with Crippen molar-refractivity contribution in [1.29, 1.82) is 0 Å². The summed E-state index contributed by atoms with van der Waals surface area (Å²) < 4.78 is 0. The van der Waals surface area contributed by atoms with E-state index in [4.69, 9.17) is 5.73 Å². The van der Waals surface area contributed by atoms with E-state index in [9.17, 15) is 14.7 Å². The van der Waals surface area contributed by atoms with Crippen molar-refractivity contribution >= 4 is 11.9 Å². The van der Waals surface area contributed by atoms with Crippen LogP contribution in [0.25, 0.3) is 0 Å². The molecule has 0 bridgehead atoms. The number of carbonyl (C=O) groups excluding carboxylic acids is 1. The summed E-state index contributed by atoms with van der Waals surface area (Å²) in [5.41, 5.74) is 5.10. The van der Waals surface area contributed by atoms with E-state index >= 15 is 0 Å². The lowest BCUT2D eigenvalue weighted by Gasteiger charge is -2.24. The number of carboxylic acids is 1. The number of hydrogen-bond donors (Lipinski definition) is 2. The summed E-state index contributed by atoms with van der Waals surface area (Å²) in [6.45, 7) is 2.82. The van der Waals surface area contributed by atoms with E-state index in [1.165, 1.54) is 0 Å². The van der Waals surface area contributed by atoms with E-state index in [0.29, 0.717) is 25.9 Å². The van der Waals surface area contributed by atoms with E-state index in [-0.39, 0.29) is 17.9 Å². The Balaban J connectivity index is 2.00. The van der Waals surface area contributed by atoms with Gasteiger partial charge in [0.25, 0.3) is 0 Å². The number of nitrogens with two attached hydrogens (primary N) is 1. The number of carbonyl (C=O) groups is 2. The van der Waals surface area contributed by atoms with Crippen LogP contribution in [0.1, 0.15) is 39.0 Å². The van der Waals surface area contributed by atoms with Gasteiger partial charge in [0, 0.05) is 25.0 Å². The highest BCUT2D eigenvalue weighted by molar-refractivity contribution is 5.82. The molecular formula is C13H22N2O3. The Hall–Kier alpha value is -1.10. The molecule has 1 aliphatic carbocycles. The molecule has 1 saturated heterocycles. The molecule has 5 heteroatoms. The Morgan fingerprint density at radius 3 is 2.61 bits per heavy atom. The fourth-order valence-electron chi connectivity index (χ4n) is 3.17. The number of carboxylic acid groups (broad SMARTS) is 1. The average molecular weight is 254 g/mol. The van der Waals surface area contributed by atoms with Crippen molar-refractivity contribution in [2.75, 3.05) is 13.1 Å². The van der Waals surface area contributed by atoms with Gasteiger partial charge < -0.3 is 15.7 Å². The minimum Gasteiger partial charge on any atom is -0.481 e. The van der Waals surface area contributed by atoms with Gasteiger partial charge >= 0.3 is 5.97 Å². The van der Waals surface area contributed by atoms with Crippen LogP contribution in [-0.4, -0.2) is 41.0 Å². The third-order valence-corrected chi connectivity index (χ3v) is 4.62. The first-order chi connectivity index (χ1) is 8.48. The molecule has 1 heterocycles. The summed E-state index contributed by atoms with van der Waals surface area (Å²) in [5, 5.41) is 9.31. The first kappa shape index (κ1) is 13.3. The van der Waals surface area contributed by atoms with Crippen LogP contribution in [0.2, 0.25) is 0 Å². The second-order valence-electron chi connectivity index (χ2n) is 5.72. The van der Waals surface area contributed by atoms with Gasteiger partial charge in [-0.05, 0) is 32.1 Å². The smallest absolute Gasteiger partial charge is 0.311 e. The summed E-state index contributed by atoms with van der Waals surface area (Å²) in [6, 6.07) is 0.136. The van der Waals surface area contributed by atoms with Crippen molar-refractivity contribution in [2.45, 2.75) is 45.1 Å². The third kappa shape index (κ3) is 2.23. The van der Waals surface area contributed by atoms with E-state index in [2.05, 4.69) is 0 Å². The molecule has 0 aromatic heterocycles. The van der Waals surface area contributed by atoms with Gasteiger partial charge in [-0.3, -0.25) is 9.59 Å². The summed E-state index contributed by atoms with van der Waals surface area (Å²) in [7, 11) is 0. The molecule has 2 fully saturated rings. The highest BCUT2D eigenvalue weighted by Gasteiger charge is 2.46. The number of nitrogens with zero attached hydrogens (tertiary/aromatic N) is 1. The number of amides is 1. The van der Waals surface area contributed by atoms with Crippen LogP contribution in [0.3, 0.4) is 0 Å². The third-order valence-electron chi connectivity index (χ3n) is 4.62. The molecule has 3 atom stereocenters. The van der Waals surface area contributed by atoms with E-state index in [1.54, 1.807) is 4.90 Å². The van der Waals surface area contributed by atoms with Crippen LogP contribution >= 0.6 is 0 Å². The Morgan fingerprint density at radius 2 is 2.17 bits per heavy atom. The number of likely N-dealkylation sites (tertiary alicyclic amines) is 1. The van der Waals surface area contributed by atoms with Gasteiger partial charge in [-0.25, -0.2) is 0 Å². The normalized spacial score (nSPS) is 36.0. The number of rotatable bonds is 3. The Labute approximate surface area is 107 Å². The number of hydrogen-bond acceptors (Lipinski definition) is 3. The Bertz CT molecular complexity index is 358. The largest absolute Gasteiger partial charge is 0.481 e. The molecule has 3 unspecified atom stereocenters. The van der Waals surface area contributed by atoms with Gasteiger partial charge in [0.1, 0.15) is 0 Å². The van der Waals surface area contributed by atoms with Crippen molar-refractivity contribution in [2.24, 2.45) is 17.1 Å². The zero-order chi connectivity index (χ0) is 13.3. The van der Waals surface area contributed by atoms with Gasteiger partial charge in [0.2, 0.25) is 5.91 Å². The highest BCUT2D eigenvalue weighted by Crippen LogP contribution is 2.36. The second-order valence-corrected chi connectivity index (χ2v) is 5.72. The molecule has 2 rings (SSSR count). The van der Waals surface area contributed by atoms with Crippen molar-refractivity contribution < 1.29 is 14.7 Å². The topological polar surface area (TPSA) is 83.6 Å². The zero-order valence-corrected chi connectivity index (χ0v) is 10.9. The zero-order valence-electron chi connectivity index (χ0n) is 10.9. The van der Waals surface area contributed by atoms with Gasteiger partial charge in [0.15, 0.2) is 0 Å². The fraction of sp³-hybridized carbons (Fsp3) is 0.846. The lowest BCUT2D eigenvalue weighted by molar-refractivity contribution is -0.149. The molecule has 5 nitrogen and oxygen atoms in total. The summed E-state index contributed by atoms with van der Waals surface area (Å²) in [4.78, 5) is 25.4. The van der Waals surface area contributed by atoms with Crippen LogP contribution in [0, 0.1) is 11.3 Å². The van der Waals surface area contributed by atoms with Crippen molar-refractivity contribution in [3.8, 4) is 0 Å². The predicted molar refractivity (Wildman–Crippen MR) is 66.9 cm³/mol. The molecule has 1 saturated carbocycles. The summed E-state index contributed by atoms with van der Waals surface area (Å²) in [6.07, 6.45) is 3.66. The lowest BCUT2D eigenvalue weighted by atomic mass is 9.84. The Morgan fingerprint density at radius 1 is 1.44 bits per heavy atom. The minimum atomic E-state index is -0.775. The van der Waals surface area contributed by atoms with Crippen LogP contribution in [0.4, 0.5) is 0 Å². The molecule has 18 heavy (non-hydrogen) atoms. The standard InChI is InChI=1S/C13H22N2O3/c1-2-13(12(17)18)5-6-15(8-13)11(16)9-3-4-10(14)7-9/h9-10H,2-8,14H2,1H3,(H,17,18). The predicted octanol–water partition coefficient (Wildman–Crippen LogP) is 0.827. The van der Waals surface area contributed by atoms with Gasteiger partial charge in [-0.2, -0.15) is 0 Å². The van der Waals surface area contributed by atoms with Crippen molar-refractivity contribution in [3.63, 3.8) is 0 Å². The molecule has 2 aliphatic rings. The Kier molecular flexibility index (Phi) is 3.61.